The molecule has 1 aliphatic carbocycles. The molecule has 0 spiro atoms. The van der Waals surface area contributed by atoms with Crippen LogP contribution in [-0.4, -0.2) is 40.0 Å². The molecule has 0 atom stereocenters. The highest BCUT2D eigenvalue weighted by Gasteiger charge is 2.21. The number of carbonyl (C=O) groups is 1. The van der Waals surface area contributed by atoms with Crippen LogP contribution in [0.3, 0.4) is 0 Å². The summed E-state index contributed by atoms with van der Waals surface area (Å²) in [6, 6.07) is 0.661. The number of aromatic nitrogens is 2. The van der Waals surface area contributed by atoms with Gasteiger partial charge in [-0.2, -0.15) is 0 Å². The molecule has 1 fully saturated rings. The third kappa shape index (κ3) is 3.30. The van der Waals surface area contributed by atoms with Crippen molar-refractivity contribution in [2.24, 2.45) is 0 Å². The van der Waals surface area contributed by atoms with Crippen LogP contribution >= 0.6 is 0 Å². The average Bonchev–Trinajstić information content (AvgIpc) is 3.06. The molecular weight excluding hydrogens is 216 g/mol. The van der Waals surface area contributed by atoms with Crippen molar-refractivity contribution in [3.05, 3.63) is 18.2 Å². The van der Waals surface area contributed by atoms with Crippen LogP contribution in [0.4, 0.5) is 0 Å². The molecule has 1 N–H and O–H groups in total. The fraction of sp³-hybridized carbons (Fsp3) is 0.667. The first-order valence-corrected chi connectivity index (χ1v) is 6.18. The predicted molar refractivity (Wildman–Crippen MR) is 65.4 cm³/mol. The van der Waals surface area contributed by atoms with Crippen LogP contribution in [0.5, 0.6) is 0 Å². The minimum atomic E-state index is 0.123. The third-order valence-corrected chi connectivity index (χ3v) is 3.13. The van der Waals surface area contributed by atoms with Crippen LogP contribution in [0.25, 0.3) is 0 Å². The Kier molecular flexibility index (Phi) is 3.78. The smallest absolute Gasteiger partial charge is 0.242 e. The molecule has 17 heavy (non-hydrogen) atoms. The molecule has 0 radical (unpaired) electrons. The van der Waals surface area contributed by atoms with Crippen molar-refractivity contribution in [3.63, 3.8) is 0 Å². The number of likely N-dealkylation sites (N-methyl/N-ethyl adjacent to an activating group) is 1. The van der Waals surface area contributed by atoms with Gasteiger partial charge in [-0.3, -0.25) is 4.79 Å². The number of hydrogen-bond acceptors (Lipinski definition) is 3. The summed E-state index contributed by atoms with van der Waals surface area (Å²) in [7, 11) is 1.82. The summed E-state index contributed by atoms with van der Waals surface area (Å²) < 4.78 is 1.92. The molecule has 94 valence electrons. The highest BCUT2D eigenvalue weighted by molar-refractivity contribution is 5.75. The highest BCUT2D eigenvalue weighted by Crippen LogP contribution is 2.19. The normalized spacial score (nSPS) is 14.9. The Morgan fingerprint density at radius 1 is 1.65 bits per heavy atom. The van der Waals surface area contributed by atoms with E-state index in [1.807, 2.05) is 24.7 Å². The number of rotatable bonds is 6. The van der Waals surface area contributed by atoms with Crippen molar-refractivity contribution >= 4 is 5.91 Å². The monoisotopic (exact) mass is 236 g/mol. The molecule has 5 heteroatoms. The van der Waals surface area contributed by atoms with E-state index in [9.17, 15) is 4.79 Å². The maximum Gasteiger partial charge on any atom is 0.242 e. The average molecular weight is 236 g/mol. The molecule has 1 aliphatic rings. The van der Waals surface area contributed by atoms with E-state index in [-0.39, 0.29) is 5.91 Å². The number of imidazole rings is 1. The molecule has 1 saturated carbocycles. The van der Waals surface area contributed by atoms with Gasteiger partial charge in [-0.1, -0.05) is 0 Å². The SMILES string of the molecule is CCN(C)C(=O)Cn1ccnc1CNC1CC1. The lowest BCUT2D eigenvalue weighted by Crippen LogP contribution is -2.30. The Balaban J connectivity index is 1.90. The van der Waals surface area contributed by atoms with Crippen LogP contribution in [0.1, 0.15) is 25.6 Å². The van der Waals surface area contributed by atoms with Gasteiger partial charge in [0.15, 0.2) is 0 Å². The van der Waals surface area contributed by atoms with Gasteiger partial charge in [0.2, 0.25) is 5.91 Å². The largest absolute Gasteiger partial charge is 0.344 e. The molecule has 1 amide bonds. The zero-order valence-electron chi connectivity index (χ0n) is 10.5. The van der Waals surface area contributed by atoms with Gasteiger partial charge < -0.3 is 14.8 Å². The van der Waals surface area contributed by atoms with Gasteiger partial charge >= 0.3 is 0 Å². The fourth-order valence-electron chi connectivity index (χ4n) is 1.62. The standard InChI is InChI=1S/C12H20N4O/c1-3-15(2)12(17)9-16-7-6-13-11(16)8-14-10-4-5-10/h6-7,10,14H,3-5,8-9H2,1-2H3. The van der Waals surface area contributed by atoms with E-state index in [1.54, 1.807) is 11.1 Å². The molecule has 0 unspecified atom stereocenters. The van der Waals surface area contributed by atoms with Gasteiger partial charge in [-0.25, -0.2) is 4.98 Å². The molecular formula is C12H20N4O. The van der Waals surface area contributed by atoms with Crippen LogP contribution in [0.15, 0.2) is 12.4 Å². The van der Waals surface area contributed by atoms with Gasteiger partial charge in [0.05, 0.1) is 6.54 Å². The van der Waals surface area contributed by atoms with Gasteiger partial charge in [0, 0.05) is 32.0 Å². The van der Waals surface area contributed by atoms with E-state index >= 15 is 0 Å². The van der Waals surface area contributed by atoms with Crippen molar-refractivity contribution < 1.29 is 4.79 Å². The Bertz CT molecular complexity index is 384. The molecule has 0 bridgehead atoms. The van der Waals surface area contributed by atoms with Crippen molar-refractivity contribution in [2.75, 3.05) is 13.6 Å². The Morgan fingerprint density at radius 3 is 3.06 bits per heavy atom. The first-order chi connectivity index (χ1) is 8.20. The molecule has 0 saturated heterocycles. The quantitative estimate of drug-likeness (QED) is 0.787. The van der Waals surface area contributed by atoms with Crippen LogP contribution in [0.2, 0.25) is 0 Å². The summed E-state index contributed by atoms with van der Waals surface area (Å²) in [5.41, 5.74) is 0. The van der Waals surface area contributed by atoms with E-state index in [0.717, 1.165) is 18.9 Å². The summed E-state index contributed by atoms with van der Waals surface area (Å²) >= 11 is 0. The van der Waals surface area contributed by atoms with E-state index < -0.39 is 0 Å². The van der Waals surface area contributed by atoms with Crippen molar-refractivity contribution in [3.8, 4) is 0 Å². The molecule has 1 aromatic rings. The summed E-state index contributed by atoms with van der Waals surface area (Å²) in [6.45, 7) is 3.84. The maximum atomic E-state index is 11.8. The highest BCUT2D eigenvalue weighted by atomic mass is 16.2. The summed E-state index contributed by atoms with van der Waals surface area (Å²) in [5, 5.41) is 3.41. The number of hydrogen-bond donors (Lipinski definition) is 1. The van der Waals surface area contributed by atoms with Crippen molar-refractivity contribution in [1.29, 1.82) is 0 Å². The number of carbonyl (C=O) groups excluding carboxylic acids is 1. The van der Waals surface area contributed by atoms with Crippen molar-refractivity contribution in [1.82, 2.24) is 19.8 Å². The molecule has 0 aliphatic heterocycles. The maximum absolute atomic E-state index is 11.8. The minimum Gasteiger partial charge on any atom is -0.344 e. The van der Waals surface area contributed by atoms with E-state index in [1.165, 1.54) is 12.8 Å². The second-order valence-electron chi connectivity index (χ2n) is 4.53. The third-order valence-electron chi connectivity index (χ3n) is 3.13. The second kappa shape index (κ2) is 5.31. The van der Waals surface area contributed by atoms with E-state index in [0.29, 0.717) is 12.6 Å². The van der Waals surface area contributed by atoms with E-state index in [4.69, 9.17) is 0 Å². The topological polar surface area (TPSA) is 50.2 Å². The second-order valence-corrected chi connectivity index (χ2v) is 4.53. The first kappa shape index (κ1) is 12.1. The Morgan fingerprint density at radius 2 is 2.41 bits per heavy atom. The summed E-state index contributed by atoms with van der Waals surface area (Å²) in [6.07, 6.45) is 6.14. The lowest BCUT2D eigenvalue weighted by Gasteiger charge is -2.15. The zero-order valence-corrected chi connectivity index (χ0v) is 10.5. The van der Waals surface area contributed by atoms with Gasteiger partial charge in [0.25, 0.3) is 0 Å². The zero-order chi connectivity index (χ0) is 12.3. The molecule has 0 aromatic carbocycles. The van der Waals surface area contributed by atoms with Crippen molar-refractivity contribution in [2.45, 2.75) is 38.9 Å². The summed E-state index contributed by atoms with van der Waals surface area (Å²) in [4.78, 5) is 17.8. The molecule has 2 rings (SSSR count). The first-order valence-electron chi connectivity index (χ1n) is 6.18. The number of amides is 1. The van der Waals surface area contributed by atoms with Gasteiger partial charge in [0.1, 0.15) is 12.4 Å². The van der Waals surface area contributed by atoms with Crippen LogP contribution < -0.4 is 5.32 Å². The number of nitrogens with one attached hydrogen (secondary N) is 1. The van der Waals surface area contributed by atoms with Gasteiger partial charge in [-0.15, -0.1) is 0 Å². The lowest BCUT2D eigenvalue weighted by atomic mass is 10.4. The van der Waals surface area contributed by atoms with Crippen LogP contribution in [-0.2, 0) is 17.9 Å². The summed E-state index contributed by atoms with van der Waals surface area (Å²) in [5.74, 6) is 1.06. The fourth-order valence-corrected chi connectivity index (χ4v) is 1.62. The Hall–Kier alpha value is -1.36. The predicted octanol–water partition coefficient (Wildman–Crippen LogP) is 0.613. The molecule has 1 heterocycles. The van der Waals surface area contributed by atoms with Gasteiger partial charge in [-0.05, 0) is 19.8 Å². The van der Waals surface area contributed by atoms with E-state index in [2.05, 4.69) is 10.3 Å². The molecule has 1 aromatic heterocycles. The number of nitrogens with zero attached hydrogens (tertiary/aromatic N) is 3. The minimum absolute atomic E-state index is 0.123. The lowest BCUT2D eigenvalue weighted by molar-refractivity contribution is -0.130. The Labute approximate surface area is 102 Å². The molecule has 5 nitrogen and oxygen atoms in total. The van der Waals surface area contributed by atoms with Crippen LogP contribution in [0, 0.1) is 0 Å².